The molecule has 144 valence electrons. The Kier molecular flexibility index (Phi) is 7.32. The van der Waals surface area contributed by atoms with Crippen LogP contribution in [-0.2, 0) is 16.4 Å². The van der Waals surface area contributed by atoms with Crippen molar-refractivity contribution in [1.82, 2.24) is 4.72 Å². The molecule has 3 N–H and O–H groups in total. The summed E-state index contributed by atoms with van der Waals surface area (Å²) in [5, 5.41) is 0. The van der Waals surface area contributed by atoms with Crippen LogP contribution in [0.1, 0.15) is 38.2 Å². The molecular formula is C16H24ClF3N2O2S. The fraction of sp³-hybridized carbons (Fsp3) is 0.625. The lowest BCUT2D eigenvalue weighted by Crippen LogP contribution is -2.58. The molecule has 25 heavy (non-hydrogen) atoms. The molecule has 1 saturated carbocycles. The van der Waals surface area contributed by atoms with Crippen LogP contribution in [0.5, 0.6) is 0 Å². The van der Waals surface area contributed by atoms with E-state index in [0.29, 0.717) is 6.42 Å². The Balaban J connectivity index is 0.00000312. The summed E-state index contributed by atoms with van der Waals surface area (Å²) in [4.78, 5) is -0.0426. The first-order valence-corrected chi connectivity index (χ1v) is 9.46. The zero-order valence-corrected chi connectivity index (χ0v) is 15.6. The molecule has 0 aromatic heterocycles. The van der Waals surface area contributed by atoms with Gasteiger partial charge >= 0.3 is 6.18 Å². The zero-order chi connectivity index (χ0) is 18.0. The standard InChI is InChI=1S/C16H23F3N2O2S.ClH/c1-12-4-2-3-9-15(12,11-20)21-24(22,23)14-7-5-13(6-8-14)10-16(17,18)19;/h5-8,12,21H,2-4,9-11,20H2,1H3;1H. The maximum absolute atomic E-state index is 12.6. The number of nitrogens with two attached hydrogens (primary N) is 1. The van der Waals surface area contributed by atoms with Gasteiger partial charge in [0.2, 0.25) is 10.0 Å². The lowest BCUT2D eigenvalue weighted by Gasteiger charge is -2.42. The molecule has 1 fully saturated rings. The Morgan fingerprint density at radius 2 is 1.84 bits per heavy atom. The maximum atomic E-state index is 12.6. The highest BCUT2D eigenvalue weighted by atomic mass is 35.5. The van der Waals surface area contributed by atoms with E-state index in [1.54, 1.807) is 0 Å². The van der Waals surface area contributed by atoms with Gasteiger partial charge in [-0.05, 0) is 36.5 Å². The third-order valence-corrected chi connectivity index (χ3v) is 6.36. The Morgan fingerprint density at radius 3 is 2.32 bits per heavy atom. The Labute approximate surface area is 152 Å². The van der Waals surface area contributed by atoms with Crippen LogP contribution in [0.3, 0.4) is 0 Å². The third-order valence-electron chi connectivity index (χ3n) is 4.79. The van der Waals surface area contributed by atoms with Crippen LogP contribution < -0.4 is 10.5 Å². The van der Waals surface area contributed by atoms with E-state index in [-0.39, 0.29) is 35.3 Å². The van der Waals surface area contributed by atoms with Gasteiger partial charge in [-0.3, -0.25) is 0 Å². The van der Waals surface area contributed by atoms with Crippen LogP contribution in [0.2, 0.25) is 0 Å². The van der Waals surface area contributed by atoms with E-state index in [1.807, 2.05) is 6.92 Å². The van der Waals surface area contributed by atoms with Crippen LogP contribution in [-0.4, -0.2) is 26.7 Å². The third kappa shape index (κ3) is 5.57. The van der Waals surface area contributed by atoms with Gasteiger partial charge in [0.05, 0.1) is 11.3 Å². The van der Waals surface area contributed by atoms with Crippen molar-refractivity contribution in [2.75, 3.05) is 6.54 Å². The first-order chi connectivity index (χ1) is 11.1. The molecule has 0 bridgehead atoms. The van der Waals surface area contributed by atoms with Gasteiger partial charge in [-0.25, -0.2) is 13.1 Å². The van der Waals surface area contributed by atoms with Crippen molar-refractivity contribution in [3.63, 3.8) is 0 Å². The quantitative estimate of drug-likeness (QED) is 0.795. The largest absolute Gasteiger partial charge is 0.393 e. The zero-order valence-electron chi connectivity index (χ0n) is 14.0. The van der Waals surface area contributed by atoms with Crippen molar-refractivity contribution in [3.05, 3.63) is 29.8 Å². The Morgan fingerprint density at radius 1 is 1.24 bits per heavy atom. The van der Waals surface area contributed by atoms with Gasteiger partial charge in [0, 0.05) is 12.1 Å². The van der Waals surface area contributed by atoms with Crippen LogP contribution in [0, 0.1) is 5.92 Å². The second-order valence-corrected chi connectivity index (χ2v) is 8.23. The number of rotatable bonds is 5. The second kappa shape index (κ2) is 8.24. The average molecular weight is 401 g/mol. The Bertz CT molecular complexity index is 665. The number of sulfonamides is 1. The molecule has 1 aromatic rings. The van der Waals surface area contributed by atoms with Gasteiger partial charge in [-0.1, -0.05) is 31.9 Å². The maximum Gasteiger partial charge on any atom is 0.393 e. The molecule has 0 aliphatic heterocycles. The van der Waals surface area contributed by atoms with E-state index in [9.17, 15) is 21.6 Å². The molecule has 0 spiro atoms. The van der Waals surface area contributed by atoms with Gasteiger partial charge in [0.1, 0.15) is 0 Å². The van der Waals surface area contributed by atoms with E-state index >= 15 is 0 Å². The number of alkyl halides is 3. The van der Waals surface area contributed by atoms with E-state index in [1.165, 1.54) is 24.3 Å². The van der Waals surface area contributed by atoms with Crippen LogP contribution in [0.15, 0.2) is 29.2 Å². The predicted molar refractivity (Wildman–Crippen MR) is 93.2 cm³/mol. The predicted octanol–water partition coefficient (Wildman–Crippen LogP) is 3.40. The molecule has 0 saturated heterocycles. The molecule has 0 heterocycles. The molecule has 2 rings (SSSR count). The molecule has 1 aliphatic carbocycles. The average Bonchev–Trinajstić information content (AvgIpc) is 2.48. The van der Waals surface area contributed by atoms with Crippen LogP contribution >= 0.6 is 12.4 Å². The molecule has 4 nitrogen and oxygen atoms in total. The topological polar surface area (TPSA) is 72.2 Å². The van der Waals surface area contributed by atoms with E-state index in [0.717, 1.165) is 19.3 Å². The molecule has 0 radical (unpaired) electrons. The van der Waals surface area contributed by atoms with Gasteiger partial charge < -0.3 is 5.73 Å². The number of benzene rings is 1. The minimum absolute atomic E-state index is 0. The number of halogens is 4. The summed E-state index contributed by atoms with van der Waals surface area (Å²) in [6.07, 6.45) is -1.91. The van der Waals surface area contributed by atoms with Crippen molar-refractivity contribution in [1.29, 1.82) is 0 Å². The summed E-state index contributed by atoms with van der Waals surface area (Å²) in [5.74, 6) is 0.107. The van der Waals surface area contributed by atoms with E-state index in [2.05, 4.69) is 4.72 Å². The number of nitrogens with one attached hydrogen (secondary N) is 1. The van der Waals surface area contributed by atoms with Crippen molar-refractivity contribution in [2.45, 2.75) is 55.6 Å². The van der Waals surface area contributed by atoms with Crippen molar-refractivity contribution < 1.29 is 21.6 Å². The monoisotopic (exact) mass is 400 g/mol. The van der Waals surface area contributed by atoms with Crippen LogP contribution in [0.4, 0.5) is 13.2 Å². The minimum Gasteiger partial charge on any atom is -0.329 e. The molecule has 1 aliphatic rings. The number of hydrogen-bond donors (Lipinski definition) is 2. The normalized spacial score (nSPS) is 24.6. The summed E-state index contributed by atoms with van der Waals surface area (Å²) >= 11 is 0. The fourth-order valence-corrected chi connectivity index (χ4v) is 4.79. The highest BCUT2D eigenvalue weighted by Gasteiger charge is 2.40. The first kappa shape index (κ1) is 22.2. The van der Waals surface area contributed by atoms with Gasteiger partial charge in [-0.2, -0.15) is 13.2 Å². The molecule has 2 atom stereocenters. The second-order valence-electron chi connectivity index (χ2n) is 6.55. The fourth-order valence-electron chi connectivity index (χ4n) is 3.25. The smallest absolute Gasteiger partial charge is 0.329 e. The lowest BCUT2D eigenvalue weighted by atomic mass is 9.74. The minimum atomic E-state index is -4.32. The summed E-state index contributed by atoms with van der Waals surface area (Å²) < 4.78 is 65.1. The highest BCUT2D eigenvalue weighted by molar-refractivity contribution is 7.89. The van der Waals surface area contributed by atoms with Crippen LogP contribution in [0.25, 0.3) is 0 Å². The molecule has 2 unspecified atom stereocenters. The van der Waals surface area contributed by atoms with Crippen molar-refractivity contribution in [3.8, 4) is 0 Å². The molecule has 0 amide bonds. The summed E-state index contributed by atoms with van der Waals surface area (Å²) in [6, 6.07) is 4.81. The number of hydrogen-bond acceptors (Lipinski definition) is 3. The molecular weight excluding hydrogens is 377 g/mol. The van der Waals surface area contributed by atoms with Gasteiger partial charge in [0.15, 0.2) is 0 Å². The Hall–Kier alpha value is -0.830. The van der Waals surface area contributed by atoms with Crippen molar-refractivity contribution >= 4 is 22.4 Å². The lowest BCUT2D eigenvalue weighted by molar-refractivity contribution is -0.127. The summed E-state index contributed by atoms with van der Waals surface area (Å²) in [7, 11) is -3.84. The van der Waals surface area contributed by atoms with E-state index < -0.39 is 28.2 Å². The SMILES string of the molecule is CC1CCCCC1(CN)NS(=O)(=O)c1ccc(CC(F)(F)F)cc1.Cl. The molecule has 1 aromatic carbocycles. The van der Waals surface area contributed by atoms with Gasteiger partial charge in [0.25, 0.3) is 0 Å². The molecule has 9 heteroatoms. The van der Waals surface area contributed by atoms with E-state index in [4.69, 9.17) is 5.73 Å². The first-order valence-electron chi connectivity index (χ1n) is 7.98. The summed E-state index contributed by atoms with van der Waals surface area (Å²) in [6.45, 7) is 2.17. The van der Waals surface area contributed by atoms with Crippen molar-refractivity contribution in [2.24, 2.45) is 11.7 Å². The highest BCUT2D eigenvalue weighted by Crippen LogP contribution is 2.34. The van der Waals surface area contributed by atoms with Gasteiger partial charge in [-0.15, -0.1) is 12.4 Å². The summed E-state index contributed by atoms with van der Waals surface area (Å²) in [5.41, 5.74) is 5.19.